The average molecular weight is 199 g/mol. The van der Waals surface area contributed by atoms with Gasteiger partial charge in [-0.1, -0.05) is 0 Å². The maximum Gasteiger partial charge on any atom is 0.0794 e. The summed E-state index contributed by atoms with van der Waals surface area (Å²) >= 11 is 0. The van der Waals surface area contributed by atoms with Crippen molar-refractivity contribution in [2.75, 3.05) is 46.9 Å². The predicted molar refractivity (Wildman–Crippen MR) is 56.1 cm³/mol. The van der Waals surface area contributed by atoms with Crippen molar-refractivity contribution in [3.63, 3.8) is 0 Å². The smallest absolute Gasteiger partial charge is 0.0794 e. The molecule has 4 heteroatoms. The van der Waals surface area contributed by atoms with Gasteiger partial charge in [-0.05, 0) is 27.1 Å². The molecule has 2 rings (SSSR count). The van der Waals surface area contributed by atoms with E-state index < -0.39 is 0 Å². The van der Waals surface area contributed by atoms with Gasteiger partial charge in [0, 0.05) is 25.7 Å². The summed E-state index contributed by atoms with van der Waals surface area (Å²) in [5, 5.41) is 9.17. The molecule has 0 aromatic heterocycles. The first-order valence-corrected chi connectivity index (χ1v) is 5.44. The van der Waals surface area contributed by atoms with Crippen LogP contribution in [-0.2, 0) is 0 Å². The molecule has 0 bridgehead atoms. The Morgan fingerprint density at radius 2 is 2.07 bits per heavy atom. The van der Waals surface area contributed by atoms with Crippen molar-refractivity contribution in [3.8, 4) is 0 Å². The van der Waals surface area contributed by atoms with Gasteiger partial charge < -0.3 is 10.0 Å². The monoisotopic (exact) mass is 199 g/mol. The van der Waals surface area contributed by atoms with Crippen LogP contribution >= 0.6 is 0 Å². The molecule has 0 radical (unpaired) electrons. The van der Waals surface area contributed by atoms with Crippen molar-refractivity contribution in [2.45, 2.75) is 18.6 Å². The topological polar surface area (TPSA) is 30.0 Å². The van der Waals surface area contributed by atoms with Gasteiger partial charge >= 0.3 is 0 Å². The number of hydrogen-bond acceptors (Lipinski definition) is 4. The van der Waals surface area contributed by atoms with E-state index in [9.17, 15) is 5.11 Å². The highest BCUT2D eigenvalue weighted by Gasteiger charge is 2.29. The van der Waals surface area contributed by atoms with Crippen molar-refractivity contribution in [3.05, 3.63) is 0 Å². The summed E-state index contributed by atoms with van der Waals surface area (Å²) in [5.74, 6) is 0. The van der Waals surface area contributed by atoms with Gasteiger partial charge in [-0.15, -0.1) is 0 Å². The number of hydrogen-bond donors (Lipinski definition) is 1. The quantitative estimate of drug-likeness (QED) is 0.648. The zero-order chi connectivity index (χ0) is 10.1. The van der Waals surface area contributed by atoms with Gasteiger partial charge in [0.2, 0.25) is 0 Å². The highest BCUT2D eigenvalue weighted by atomic mass is 16.3. The van der Waals surface area contributed by atoms with Gasteiger partial charge in [-0.2, -0.15) is 0 Å². The molecule has 1 N–H and O–H groups in total. The maximum atomic E-state index is 9.17. The predicted octanol–water partition coefficient (Wildman–Crippen LogP) is -0.744. The molecular formula is C10H21N3O. The Labute approximate surface area is 86.1 Å². The minimum Gasteiger partial charge on any atom is -0.390 e. The van der Waals surface area contributed by atoms with Crippen LogP contribution in [-0.4, -0.2) is 78.9 Å². The Balaban J connectivity index is 1.70. The maximum absolute atomic E-state index is 9.17. The van der Waals surface area contributed by atoms with Gasteiger partial charge in [0.1, 0.15) is 0 Å². The van der Waals surface area contributed by atoms with Gasteiger partial charge in [0.05, 0.1) is 12.8 Å². The van der Waals surface area contributed by atoms with Gasteiger partial charge in [0.15, 0.2) is 0 Å². The second kappa shape index (κ2) is 4.14. The van der Waals surface area contributed by atoms with Crippen molar-refractivity contribution >= 4 is 0 Å². The Morgan fingerprint density at radius 3 is 2.57 bits per heavy atom. The minimum absolute atomic E-state index is 0.0744. The largest absolute Gasteiger partial charge is 0.390 e. The van der Waals surface area contributed by atoms with Crippen LogP contribution < -0.4 is 0 Å². The Morgan fingerprint density at radius 1 is 1.36 bits per heavy atom. The van der Waals surface area contributed by atoms with Gasteiger partial charge in [-0.3, -0.25) is 9.80 Å². The third-order valence-electron chi connectivity index (χ3n) is 3.35. The zero-order valence-electron chi connectivity index (χ0n) is 9.19. The molecule has 1 atom stereocenters. The van der Waals surface area contributed by atoms with Crippen molar-refractivity contribution in [1.82, 2.24) is 14.7 Å². The van der Waals surface area contributed by atoms with Crippen LogP contribution in [0.2, 0.25) is 0 Å². The number of rotatable bonds is 3. The van der Waals surface area contributed by atoms with Crippen LogP contribution in [0.1, 0.15) is 6.42 Å². The molecule has 0 aromatic carbocycles. The molecule has 0 aromatic rings. The van der Waals surface area contributed by atoms with Crippen LogP contribution in [0.5, 0.6) is 0 Å². The molecule has 1 unspecified atom stereocenters. The molecule has 0 amide bonds. The van der Waals surface area contributed by atoms with E-state index in [-0.39, 0.29) is 6.10 Å². The van der Waals surface area contributed by atoms with E-state index in [1.165, 1.54) is 19.5 Å². The molecule has 2 aliphatic heterocycles. The first-order valence-electron chi connectivity index (χ1n) is 5.44. The fraction of sp³-hybridized carbons (Fsp3) is 1.00. The van der Waals surface area contributed by atoms with Crippen LogP contribution in [0, 0.1) is 0 Å². The van der Waals surface area contributed by atoms with Crippen molar-refractivity contribution < 1.29 is 5.11 Å². The van der Waals surface area contributed by atoms with Gasteiger partial charge in [-0.25, -0.2) is 0 Å². The summed E-state index contributed by atoms with van der Waals surface area (Å²) in [5.41, 5.74) is 0. The van der Waals surface area contributed by atoms with Crippen LogP contribution in [0.25, 0.3) is 0 Å². The zero-order valence-corrected chi connectivity index (χ0v) is 9.19. The highest BCUT2D eigenvalue weighted by Crippen LogP contribution is 2.15. The minimum atomic E-state index is -0.0744. The number of aliphatic hydroxyl groups is 1. The lowest BCUT2D eigenvalue weighted by atomic mass is 10.2. The third kappa shape index (κ3) is 2.25. The first kappa shape index (κ1) is 10.4. The van der Waals surface area contributed by atoms with E-state index in [1.54, 1.807) is 0 Å². The van der Waals surface area contributed by atoms with Crippen molar-refractivity contribution in [2.24, 2.45) is 0 Å². The number of aliphatic hydroxyl groups excluding tert-OH is 1. The molecule has 82 valence electrons. The lowest BCUT2D eigenvalue weighted by Gasteiger charge is -2.39. The molecule has 2 saturated heterocycles. The summed E-state index contributed by atoms with van der Waals surface area (Å²) in [6, 6.07) is 0.706. The average Bonchev–Trinajstić information content (AvgIpc) is 2.49. The fourth-order valence-electron chi connectivity index (χ4n) is 2.36. The van der Waals surface area contributed by atoms with Crippen molar-refractivity contribution in [1.29, 1.82) is 0 Å². The van der Waals surface area contributed by atoms with Crippen LogP contribution in [0.15, 0.2) is 0 Å². The second-order valence-electron chi connectivity index (χ2n) is 4.79. The Hall–Kier alpha value is -0.160. The number of β-amino-alcohol motifs (C(OH)–C–C–N with tert-alkyl or cyclic N) is 1. The van der Waals surface area contributed by atoms with Gasteiger partial charge in [0.25, 0.3) is 0 Å². The molecule has 0 spiro atoms. The molecule has 2 heterocycles. The SMILES string of the molecule is CN1CCC(N(C)CN2CC(O)C2)C1. The number of likely N-dealkylation sites (tertiary alicyclic amines) is 2. The Kier molecular flexibility index (Phi) is 3.07. The van der Waals surface area contributed by atoms with E-state index >= 15 is 0 Å². The van der Waals surface area contributed by atoms with Crippen LogP contribution in [0.4, 0.5) is 0 Å². The lowest BCUT2D eigenvalue weighted by Crippen LogP contribution is -2.55. The first-order chi connectivity index (χ1) is 6.65. The summed E-state index contributed by atoms with van der Waals surface area (Å²) in [4.78, 5) is 7.09. The molecule has 0 saturated carbocycles. The molecule has 4 nitrogen and oxygen atoms in total. The molecular weight excluding hydrogens is 178 g/mol. The summed E-state index contributed by atoms with van der Waals surface area (Å²) in [6.45, 7) is 5.12. The second-order valence-corrected chi connectivity index (χ2v) is 4.79. The normalized spacial score (nSPS) is 31.3. The van der Waals surface area contributed by atoms with E-state index in [2.05, 4.69) is 28.8 Å². The lowest BCUT2D eigenvalue weighted by molar-refractivity contribution is -0.0310. The molecule has 14 heavy (non-hydrogen) atoms. The fourth-order valence-corrected chi connectivity index (χ4v) is 2.36. The molecule has 0 aliphatic carbocycles. The summed E-state index contributed by atoms with van der Waals surface area (Å²) in [7, 11) is 4.37. The van der Waals surface area contributed by atoms with E-state index in [4.69, 9.17) is 0 Å². The standard InChI is InChI=1S/C10H21N3O/c1-11-4-3-9(5-11)12(2)8-13-6-10(14)7-13/h9-10,14H,3-8H2,1-2H3. The molecule has 2 fully saturated rings. The third-order valence-corrected chi connectivity index (χ3v) is 3.35. The molecule has 2 aliphatic rings. The highest BCUT2D eigenvalue weighted by molar-refractivity contribution is 4.83. The summed E-state index contributed by atoms with van der Waals surface area (Å²) in [6.07, 6.45) is 1.21. The van der Waals surface area contributed by atoms with E-state index in [1.807, 2.05) is 0 Å². The number of nitrogens with zero attached hydrogens (tertiary/aromatic N) is 3. The number of likely N-dealkylation sites (N-methyl/N-ethyl adjacent to an activating group) is 2. The summed E-state index contributed by atoms with van der Waals surface area (Å²) < 4.78 is 0. The van der Waals surface area contributed by atoms with E-state index in [0.717, 1.165) is 19.8 Å². The Bertz CT molecular complexity index is 194. The van der Waals surface area contributed by atoms with E-state index in [0.29, 0.717) is 6.04 Å². The van der Waals surface area contributed by atoms with Crippen LogP contribution in [0.3, 0.4) is 0 Å².